The number of fused-ring (bicyclic) bond motifs is 1. The van der Waals surface area contributed by atoms with Gasteiger partial charge in [0.05, 0.1) is 18.3 Å². The summed E-state index contributed by atoms with van der Waals surface area (Å²) in [6.07, 6.45) is 5.51. The standard InChI is InChI=1S/C28H33N5O4/c1-4-26(34)32-23-16-21-22(29-18-30-27(21)31-19(2)20-10-6-5-7-11-20)17-25(23)37-15-14-33-13-9-8-12-24(33)28(35)36-3/h4-7,10-11,16-19,24H,1,8-9,12-15H2,2-3H3,(H,32,34)(H,29,30,31). The maximum Gasteiger partial charge on any atom is 0.323 e. The van der Waals surface area contributed by atoms with E-state index >= 15 is 0 Å². The van der Waals surface area contributed by atoms with Gasteiger partial charge in [0.2, 0.25) is 5.91 Å². The minimum absolute atomic E-state index is 0.00809. The highest BCUT2D eigenvalue weighted by molar-refractivity contribution is 6.03. The molecule has 1 aliphatic heterocycles. The number of carbonyl (C=O) groups excluding carboxylic acids is 2. The smallest absolute Gasteiger partial charge is 0.323 e. The first-order valence-corrected chi connectivity index (χ1v) is 12.5. The Labute approximate surface area is 216 Å². The average molecular weight is 504 g/mol. The number of likely N-dealkylation sites (tertiary alicyclic amines) is 1. The maximum atomic E-state index is 12.2. The third-order valence-electron chi connectivity index (χ3n) is 6.56. The second-order valence-electron chi connectivity index (χ2n) is 8.98. The number of amides is 1. The zero-order chi connectivity index (χ0) is 26.2. The summed E-state index contributed by atoms with van der Waals surface area (Å²) in [6.45, 7) is 7.31. The fraction of sp³-hybridized carbons (Fsp3) is 0.357. The van der Waals surface area contributed by atoms with Crippen molar-refractivity contribution in [3.63, 3.8) is 0 Å². The third-order valence-corrected chi connectivity index (χ3v) is 6.56. The number of methoxy groups -OCH3 is 1. The van der Waals surface area contributed by atoms with Crippen LogP contribution in [0.25, 0.3) is 10.9 Å². The molecule has 2 N–H and O–H groups in total. The fourth-order valence-electron chi connectivity index (χ4n) is 4.56. The van der Waals surface area contributed by atoms with E-state index in [4.69, 9.17) is 9.47 Å². The Kier molecular flexibility index (Phi) is 8.68. The van der Waals surface area contributed by atoms with Gasteiger partial charge in [0.1, 0.15) is 30.5 Å². The zero-order valence-electron chi connectivity index (χ0n) is 21.3. The van der Waals surface area contributed by atoms with Crippen LogP contribution in [0.3, 0.4) is 0 Å². The molecule has 37 heavy (non-hydrogen) atoms. The summed E-state index contributed by atoms with van der Waals surface area (Å²) in [4.78, 5) is 35.4. The fourth-order valence-corrected chi connectivity index (χ4v) is 4.56. The number of anilines is 2. The Bertz CT molecular complexity index is 1250. The lowest BCUT2D eigenvalue weighted by molar-refractivity contribution is -0.148. The number of rotatable bonds is 10. The van der Waals surface area contributed by atoms with E-state index in [9.17, 15) is 9.59 Å². The molecule has 1 aromatic heterocycles. The molecular formula is C28H33N5O4. The Hall–Kier alpha value is -3.98. The molecular weight excluding hydrogens is 470 g/mol. The van der Waals surface area contributed by atoms with Crippen LogP contribution >= 0.6 is 0 Å². The Morgan fingerprint density at radius 2 is 2.03 bits per heavy atom. The summed E-state index contributed by atoms with van der Waals surface area (Å²) in [5, 5.41) is 7.03. The summed E-state index contributed by atoms with van der Waals surface area (Å²) in [5.74, 6) is 0.562. The highest BCUT2D eigenvalue weighted by Gasteiger charge is 2.29. The number of benzene rings is 2. The molecule has 4 rings (SSSR count). The van der Waals surface area contributed by atoms with E-state index in [1.165, 1.54) is 19.5 Å². The van der Waals surface area contributed by atoms with Gasteiger partial charge < -0.3 is 20.1 Å². The number of hydrogen-bond donors (Lipinski definition) is 2. The van der Waals surface area contributed by atoms with Gasteiger partial charge in [-0.3, -0.25) is 14.5 Å². The van der Waals surface area contributed by atoms with Crippen LogP contribution in [0.15, 0.2) is 61.4 Å². The van der Waals surface area contributed by atoms with Crippen LogP contribution < -0.4 is 15.4 Å². The lowest BCUT2D eigenvalue weighted by Gasteiger charge is -2.33. The SMILES string of the molecule is C=CC(=O)Nc1cc2c(NC(C)c3ccccc3)ncnc2cc1OCCN1CCCCC1C(=O)OC. The van der Waals surface area contributed by atoms with E-state index in [1.807, 2.05) is 24.3 Å². The van der Waals surface area contributed by atoms with Gasteiger partial charge in [-0.2, -0.15) is 0 Å². The van der Waals surface area contributed by atoms with Crippen molar-refractivity contribution in [3.8, 4) is 5.75 Å². The number of ether oxygens (including phenoxy) is 2. The molecule has 0 bridgehead atoms. The predicted octanol–water partition coefficient (Wildman–Crippen LogP) is 4.33. The Balaban J connectivity index is 1.56. The molecule has 0 aliphatic carbocycles. The normalized spacial score (nSPS) is 16.5. The number of aromatic nitrogens is 2. The molecule has 1 fully saturated rings. The molecule has 3 aromatic rings. The molecule has 2 unspecified atom stereocenters. The number of nitrogens with one attached hydrogen (secondary N) is 2. The van der Waals surface area contributed by atoms with E-state index in [1.54, 1.807) is 6.07 Å². The van der Waals surface area contributed by atoms with Crippen molar-refractivity contribution in [2.75, 3.05) is 37.4 Å². The van der Waals surface area contributed by atoms with Gasteiger partial charge in [0.25, 0.3) is 0 Å². The molecule has 2 atom stereocenters. The molecule has 1 saturated heterocycles. The monoisotopic (exact) mass is 503 g/mol. The molecule has 1 aliphatic rings. The highest BCUT2D eigenvalue weighted by Crippen LogP contribution is 2.33. The van der Waals surface area contributed by atoms with Crippen LogP contribution in [0.4, 0.5) is 11.5 Å². The number of piperidine rings is 1. The first-order valence-electron chi connectivity index (χ1n) is 12.5. The van der Waals surface area contributed by atoms with E-state index < -0.39 is 0 Å². The highest BCUT2D eigenvalue weighted by atomic mass is 16.5. The second-order valence-corrected chi connectivity index (χ2v) is 8.98. The van der Waals surface area contributed by atoms with Crippen molar-refractivity contribution < 1.29 is 19.1 Å². The number of carbonyl (C=O) groups is 2. The van der Waals surface area contributed by atoms with Crippen molar-refractivity contribution in [3.05, 3.63) is 67.0 Å². The van der Waals surface area contributed by atoms with Crippen molar-refractivity contribution in [1.82, 2.24) is 14.9 Å². The molecule has 9 nitrogen and oxygen atoms in total. The Morgan fingerprint density at radius 3 is 2.78 bits per heavy atom. The van der Waals surface area contributed by atoms with Crippen molar-refractivity contribution in [1.29, 1.82) is 0 Å². The maximum absolute atomic E-state index is 12.2. The largest absolute Gasteiger partial charge is 0.490 e. The quantitative estimate of drug-likeness (QED) is 0.311. The molecule has 194 valence electrons. The molecule has 2 heterocycles. The van der Waals surface area contributed by atoms with Crippen molar-refractivity contribution in [2.45, 2.75) is 38.3 Å². The molecule has 9 heteroatoms. The van der Waals surface area contributed by atoms with E-state index in [-0.39, 0.29) is 24.0 Å². The molecule has 0 spiro atoms. The molecule has 0 radical (unpaired) electrons. The molecule has 0 saturated carbocycles. The Morgan fingerprint density at radius 1 is 1.22 bits per heavy atom. The summed E-state index contributed by atoms with van der Waals surface area (Å²) in [5.41, 5.74) is 2.29. The first-order chi connectivity index (χ1) is 18.0. The lowest BCUT2D eigenvalue weighted by atomic mass is 10.0. The van der Waals surface area contributed by atoms with Crippen LogP contribution in [0.2, 0.25) is 0 Å². The van der Waals surface area contributed by atoms with Gasteiger partial charge in [-0.15, -0.1) is 0 Å². The summed E-state index contributed by atoms with van der Waals surface area (Å²) < 4.78 is 11.1. The lowest BCUT2D eigenvalue weighted by Crippen LogP contribution is -2.46. The van der Waals surface area contributed by atoms with Gasteiger partial charge in [0.15, 0.2) is 0 Å². The van der Waals surface area contributed by atoms with Crippen molar-refractivity contribution >= 4 is 34.3 Å². The predicted molar refractivity (Wildman–Crippen MR) is 144 cm³/mol. The van der Waals surface area contributed by atoms with Crippen LogP contribution in [0.5, 0.6) is 5.75 Å². The molecule has 1 amide bonds. The zero-order valence-corrected chi connectivity index (χ0v) is 21.3. The van der Waals surface area contributed by atoms with E-state index in [0.717, 1.165) is 36.8 Å². The van der Waals surface area contributed by atoms with Gasteiger partial charge in [0, 0.05) is 24.0 Å². The van der Waals surface area contributed by atoms with Crippen molar-refractivity contribution in [2.24, 2.45) is 0 Å². The van der Waals surface area contributed by atoms with Crippen LogP contribution in [-0.4, -0.2) is 59.6 Å². The summed E-state index contributed by atoms with van der Waals surface area (Å²) in [6, 6.07) is 13.4. The number of nitrogens with zero attached hydrogens (tertiary/aromatic N) is 3. The van der Waals surface area contributed by atoms with Crippen LogP contribution in [0.1, 0.15) is 37.8 Å². The topological polar surface area (TPSA) is 106 Å². The van der Waals surface area contributed by atoms with Gasteiger partial charge in [-0.25, -0.2) is 9.97 Å². The van der Waals surface area contributed by atoms with E-state index in [2.05, 4.69) is 51.1 Å². The van der Waals surface area contributed by atoms with Gasteiger partial charge >= 0.3 is 5.97 Å². The minimum atomic E-state index is -0.352. The third kappa shape index (κ3) is 6.42. The first kappa shape index (κ1) is 26.1. The second kappa shape index (κ2) is 12.3. The molecule has 2 aromatic carbocycles. The number of esters is 1. The summed E-state index contributed by atoms with van der Waals surface area (Å²) >= 11 is 0. The minimum Gasteiger partial charge on any atom is -0.490 e. The average Bonchev–Trinajstić information content (AvgIpc) is 2.93. The van der Waals surface area contributed by atoms with Gasteiger partial charge in [-0.1, -0.05) is 43.3 Å². The van der Waals surface area contributed by atoms with Gasteiger partial charge in [-0.05, 0) is 44.0 Å². The summed E-state index contributed by atoms with van der Waals surface area (Å²) in [7, 11) is 1.42. The van der Waals surface area contributed by atoms with Crippen LogP contribution in [0, 0.1) is 0 Å². The number of hydrogen-bond acceptors (Lipinski definition) is 8. The van der Waals surface area contributed by atoms with E-state index in [0.29, 0.717) is 35.9 Å². The van der Waals surface area contributed by atoms with Crippen LogP contribution in [-0.2, 0) is 14.3 Å².